The summed E-state index contributed by atoms with van der Waals surface area (Å²) in [5, 5.41) is 6.03. The van der Waals surface area contributed by atoms with Crippen LogP contribution < -0.4 is 0 Å². The summed E-state index contributed by atoms with van der Waals surface area (Å²) < 4.78 is 1.89. The zero-order chi connectivity index (χ0) is 20.2. The number of aryl methyl sites for hydroxylation is 1. The van der Waals surface area contributed by atoms with Crippen LogP contribution in [0.4, 0.5) is 0 Å². The Morgan fingerprint density at radius 3 is 2.34 bits per heavy atom. The van der Waals surface area contributed by atoms with Gasteiger partial charge in [0, 0.05) is 58.2 Å². The third-order valence-electron chi connectivity index (χ3n) is 4.95. The maximum absolute atomic E-state index is 6.59. The van der Waals surface area contributed by atoms with Crippen LogP contribution in [0.15, 0.2) is 36.4 Å². The predicted molar refractivity (Wildman–Crippen MR) is 123 cm³/mol. The van der Waals surface area contributed by atoms with E-state index in [1.807, 2.05) is 48.1 Å². The molecule has 0 amide bonds. The van der Waals surface area contributed by atoms with Gasteiger partial charge in [0.1, 0.15) is 5.69 Å². The van der Waals surface area contributed by atoms with Gasteiger partial charge >= 0.3 is 0 Å². The number of aromatic amines is 1. The van der Waals surface area contributed by atoms with Crippen LogP contribution in [-0.2, 0) is 12.5 Å². The SMILES string of the molecule is Cc1c(C(C)(C)C)nn(C)c1-c1nc2cc(-c3ccccc3Cl)cc(Cl)c2[nH]1.[Na]. The zero-order valence-electron chi connectivity index (χ0n) is 17.6. The summed E-state index contributed by atoms with van der Waals surface area (Å²) in [6.07, 6.45) is 0. The number of benzene rings is 2. The van der Waals surface area contributed by atoms with Crippen LogP contribution in [-0.4, -0.2) is 49.3 Å². The Labute approximate surface area is 202 Å². The van der Waals surface area contributed by atoms with Gasteiger partial charge in [0.25, 0.3) is 0 Å². The molecule has 0 aliphatic heterocycles. The maximum atomic E-state index is 6.59. The predicted octanol–water partition coefficient (Wildman–Crippen LogP) is 6.16. The molecule has 29 heavy (non-hydrogen) atoms. The number of aromatic nitrogens is 4. The number of hydrogen-bond acceptors (Lipinski definition) is 2. The maximum Gasteiger partial charge on any atom is 0.157 e. The van der Waals surface area contributed by atoms with E-state index in [0.29, 0.717) is 10.0 Å². The molecule has 2 aromatic heterocycles. The molecule has 0 unspecified atom stereocenters. The number of rotatable bonds is 2. The number of H-pyrrole nitrogens is 1. The second-order valence-corrected chi connectivity index (χ2v) is 8.93. The molecule has 0 saturated heterocycles. The molecule has 2 heterocycles. The van der Waals surface area contributed by atoms with Crippen LogP contribution in [0.3, 0.4) is 0 Å². The number of halogens is 2. The molecule has 145 valence electrons. The van der Waals surface area contributed by atoms with Gasteiger partial charge in [-0.05, 0) is 30.7 Å². The second kappa shape index (κ2) is 8.09. The van der Waals surface area contributed by atoms with Gasteiger partial charge in [0.15, 0.2) is 5.82 Å². The fourth-order valence-electron chi connectivity index (χ4n) is 3.71. The first-order valence-corrected chi connectivity index (χ1v) is 9.91. The monoisotopic (exact) mass is 435 g/mol. The van der Waals surface area contributed by atoms with Crippen LogP contribution in [0.25, 0.3) is 33.7 Å². The number of nitrogens with zero attached hydrogens (tertiary/aromatic N) is 3. The van der Waals surface area contributed by atoms with Crippen molar-refractivity contribution in [3.05, 3.63) is 57.7 Å². The van der Waals surface area contributed by atoms with Crippen molar-refractivity contribution in [2.45, 2.75) is 33.1 Å². The Bertz CT molecular complexity index is 1200. The summed E-state index contributed by atoms with van der Waals surface area (Å²) in [5.41, 5.74) is 6.60. The number of imidazole rings is 1. The van der Waals surface area contributed by atoms with E-state index < -0.39 is 0 Å². The van der Waals surface area contributed by atoms with E-state index in [-0.39, 0.29) is 35.0 Å². The van der Waals surface area contributed by atoms with E-state index in [0.717, 1.165) is 44.9 Å². The quantitative estimate of drug-likeness (QED) is 0.383. The molecule has 0 aliphatic rings. The van der Waals surface area contributed by atoms with Crippen LogP contribution >= 0.6 is 23.2 Å². The van der Waals surface area contributed by atoms with E-state index in [1.54, 1.807) is 0 Å². The van der Waals surface area contributed by atoms with E-state index in [1.165, 1.54) is 0 Å². The van der Waals surface area contributed by atoms with Gasteiger partial charge in [-0.15, -0.1) is 0 Å². The molecule has 1 N–H and O–H groups in total. The van der Waals surface area contributed by atoms with E-state index in [4.69, 9.17) is 33.3 Å². The van der Waals surface area contributed by atoms with Crippen molar-refractivity contribution >= 4 is 63.8 Å². The normalized spacial score (nSPS) is 11.7. The summed E-state index contributed by atoms with van der Waals surface area (Å²) in [7, 11) is 1.95. The van der Waals surface area contributed by atoms with Crippen molar-refractivity contribution in [2.75, 3.05) is 0 Å². The number of hydrogen-bond donors (Lipinski definition) is 1. The Morgan fingerprint density at radius 1 is 1.03 bits per heavy atom. The van der Waals surface area contributed by atoms with Crippen molar-refractivity contribution in [1.82, 2.24) is 19.7 Å². The molecular formula is C22H22Cl2N4Na. The van der Waals surface area contributed by atoms with Gasteiger partial charge in [-0.25, -0.2) is 4.98 Å². The fourth-order valence-corrected chi connectivity index (χ4v) is 4.21. The summed E-state index contributed by atoms with van der Waals surface area (Å²) in [6, 6.07) is 11.7. The molecule has 0 fully saturated rings. The molecule has 0 aliphatic carbocycles. The zero-order valence-corrected chi connectivity index (χ0v) is 21.1. The van der Waals surface area contributed by atoms with Crippen molar-refractivity contribution < 1.29 is 0 Å². The summed E-state index contributed by atoms with van der Waals surface area (Å²) in [4.78, 5) is 8.22. The van der Waals surface area contributed by atoms with Crippen molar-refractivity contribution in [3.8, 4) is 22.6 Å². The Morgan fingerprint density at radius 2 is 1.72 bits per heavy atom. The molecule has 7 heteroatoms. The van der Waals surface area contributed by atoms with Gasteiger partial charge in [-0.1, -0.05) is 62.2 Å². The van der Waals surface area contributed by atoms with Gasteiger partial charge in [0.2, 0.25) is 0 Å². The number of fused-ring (bicyclic) bond motifs is 1. The molecule has 0 saturated carbocycles. The van der Waals surface area contributed by atoms with Crippen LogP contribution in [0, 0.1) is 6.92 Å². The Kier molecular flexibility index (Phi) is 6.24. The summed E-state index contributed by atoms with van der Waals surface area (Å²) in [5.74, 6) is 0.760. The first-order valence-electron chi connectivity index (χ1n) is 9.15. The summed E-state index contributed by atoms with van der Waals surface area (Å²) in [6.45, 7) is 8.58. The fraction of sp³-hybridized carbons (Fsp3) is 0.273. The molecule has 4 rings (SSSR count). The largest absolute Gasteiger partial charge is 0.335 e. The molecule has 4 nitrogen and oxygen atoms in total. The molecule has 0 bridgehead atoms. The van der Waals surface area contributed by atoms with Gasteiger partial charge in [-0.3, -0.25) is 4.68 Å². The van der Waals surface area contributed by atoms with Gasteiger partial charge in [-0.2, -0.15) is 5.10 Å². The Hall–Kier alpha value is -1.30. The topological polar surface area (TPSA) is 46.5 Å². The smallest absolute Gasteiger partial charge is 0.157 e. The summed E-state index contributed by atoms with van der Waals surface area (Å²) >= 11 is 13.0. The third kappa shape index (κ3) is 4.01. The molecule has 0 atom stereocenters. The molecule has 1 radical (unpaired) electrons. The average molecular weight is 436 g/mol. The van der Waals surface area contributed by atoms with E-state index >= 15 is 0 Å². The number of nitrogens with one attached hydrogen (secondary N) is 1. The molecule has 2 aromatic carbocycles. The van der Waals surface area contributed by atoms with Gasteiger partial charge < -0.3 is 4.98 Å². The first-order chi connectivity index (χ1) is 13.2. The standard InChI is InChI=1S/C22H22Cl2N4.Na/c1-12-19(28(5)27-20(12)22(2,3)4)21-25-17-11-13(10-16(24)18(17)26-21)14-8-6-7-9-15(14)23;/h6-11H,1-5H3,(H,25,26);. The third-order valence-corrected chi connectivity index (χ3v) is 5.58. The van der Waals surface area contributed by atoms with Crippen LogP contribution in [0.1, 0.15) is 32.0 Å². The van der Waals surface area contributed by atoms with Crippen LogP contribution in [0.2, 0.25) is 10.0 Å². The minimum absolute atomic E-state index is 0. The van der Waals surface area contributed by atoms with Crippen LogP contribution in [0.5, 0.6) is 0 Å². The van der Waals surface area contributed by atoms with E-state index in [2.05, 4.69) is 32.7 Å². The van der Waals surface area contributed by atoms with Crippen molar-refractivity contribution in [3.63, 3.8) is 0 Å². The van der Waals surface area contributed by atoms with Crippen molar-refractivity contribution in [2.24, 2.45) is 7.05 Å². The average Bonchev–Trinajstić information content (AvgIpc) is 3.15. The first kappa shape index (κ1) is 22.4. The van der Waals surface area contributed by atoms with Crippen molar-refractivity contribution in [1.29, 1.82) is 0 Å². The molecule has 4 aromatic rings. The molecule has 0 spiro atoms. The molecular weight excluding hydrogens is 414 g/mol. The Balaban J connectivity index is 0.00000240. The minimum Gasteiger partial charge on any atom is -0.335 e. The van der Waals surface area contributed by atoms with Gasteiger partial charge in [0.05, 0.1) is 21.7 Å². The second-order valence-electron chi connectivity index (χ2n) is 8.11. The van der Waals surface area contributed by atoms with E-state index in [9.17, 15) is 0 Å². The minimum atomic E-state index is -0.0407.